The lowest BCUT2D eigenvalue weighted by Gasteiger charge is -2.06. The van der Waals surface area contributed by atoms with Crippen LogP contribution in [0.5, 0.6) is 0 Å². The van der Waals surface area contributed by atoms with Gasteiger partial charge < -0.3 is 0 Å². The molecule has 4 rings (SSSR count). The Kier molecular flexibility index (Phi) is 4.25. The fraction of sp³-hybridized carbons (Fsp3) is 0.0476. The van der Waals surface area contributed by atoms with Crippen LogP contribution in [0.15, 0.2) is 85.5 Å². The van der Waals surface area contributed by atoms with E-state index in [0.717, 1.165) is 33.9 Å². The Balaban J connectivity index is 1.61. The fourth-order valence-electron chi connectivity index (χ4n) is 2.69. The molecule has 0 spiro atoms. The first-order chi connectivity index (χ1) is 12.4. The van der Waals surface area contributed by atoms with Crippen molar-refractivity contribution in [2.75, 3.05) is 0 Å². The average Bonchev–Trinajstić information content (AvgIpc) is 2.70. The standard InChI is InChI=1S/C21H16N4/c1-7-18(24-20(9-1)16-5-3-11-22-14-16)13-19-8-2-10-21(25-19)17-6-4-12-23-15-17/h1-12,14-15H,13H2. The molecule has 0 saturated heterocycles. The van der Waals surface area contributed by atoms with Gasteiger partial charge in [-0.05, 0) is 48.5 Å². The van der Waals surface area contributed by atoms with Gasteiger partial charge in [0, 0.05) is 53.7 Å². The fourth-order valence-corrected chi connectivity index (χ4v) is 2.69. The van der Waals surface area contributed by atoms with E-state index in [4.69, 9.17) is 9.97 Å². The SMILES string of the molecule is c1cncc(-c2cccc(Cc3cccc(-c4cccnc4)n3)n2)c1. The first kappa shape index (κ1) is 15.1. The third-order valence-electron chi connectivity index (χ3n) is 3.89. The van der Waals surface area contributed by atoms with Crippen molar-refractivity contribution >= 4 is 0 Å². The Labute approximate surface area is 146 Å². The molecule has 25 heavy (non-hydrogen) atoms. The molecule has 4 heteroatoms. The van der Waals surface area contributed by atoms with Gasteiger partial charge in [0.1, 0.15) is 0 Å². The van der Waals surface area contributed by atoms with Crippen LogP contribution < -0.4 is 0 Å². The highest BCUT2D eigenvalue weighted by Crippen LogP contribution is 2.19. The average molecular weight is 324 g/mol. The van der Waals surface area contributed by atoms with E-state index in [9.17, 15) is 0 Å². The van der Waals surface area contributed by atoms with Crippen LogP contribution in [0.3, 0.4) is 0 Å². The van der Waals surface area contributed by atoms with Crippen LogP contribution in [-0.2, 0) is 6.42 Å². The topological polar surface area (TPSA) is 51.6 Å². The van der Waals surface area contributed by atoms with Crippen molar-refractivity contribution in [2.45, 2.75) is 6.42 Å². The van der Waals surface area contributed by atoms with Crippen molar-refractivity contribution in [2.24, 2.45) is 0 Å². The van der Waals surface area contributed by atoms with Crippen LogP contribution in [0.1, 0.15) is 11.4 Å². The van der Waals surface area contributed by atoms with E-state index in [1.807, 2.05) is 73.1 Å². The second-order valence-electron chi connectivity index (χ2n) is 5.69. The summed E-state index contributed by atoms with van der Waals surface area (Å²) in [5.74, 6) is 0. The molecule has 4 aromatic rings. The molecule has 0 radical (unpaired) electrons. The molecule has 0 aliphatic rings. The molecular weight excluding hydrogens is 308 g/mol. The minimum absolute atomic E-state index is 0.683. The maximum atomic E-state index is 4.75. The highest BCUT2D eigenvalue weighted by molar-refractivity contribution is 5.58. The Hall–Kier alpha value is -3.40. The van der Waals surface area contributed by atoms with Gasteiger partial charge in [0.15, 0.2) is 0 Å². The van der Waals surface area contributed by atoms with Gasteiger partial charge in [0.25, 0.3) is 0 Å². The summed E-state index contributed by atoms with van der Waals surface area (Å²) in [4.78, 5) is 17.8. The number of pyridine rings is 4. The molecule has 0 aromatic carbocycles. The minimum Gasteiger partial charge on any atom is -0.264 e. The van der Waals surface area contributed by atoms with E-state index >= 15 is 0 Å². The molecular formula is C21H16N4. The van der Waals surface area contributed by atoms with E-state index in [0.29, 0.717) is 6.42 Å². The van der Waals surface area contributed by atoms with Gasteiger partial charge in [-0.2, -0.15) is 0 Å². The Bertz CT molecular complexity index is 888. The third kappa shape index (κ3) is 3.58. The van der Waals surface area contributed by atoms with Crippen molar-refractivity contribution in [3.8, 4) is 22.5 Å². The molecule has 0 atom stereocenters. The van der Waals surface area contributed by atoms with Crippen molar-refractivity contribution in [3.63, 3.8) is 0 Å². The van der Waals surface area contributed by atoms with Crippen LogP contribution in [-0.4, -0.2) is 19.9 Å². The highest BCUT2D eigenvalue weighted by Gasteiger charge is 2.05. The first-order valence-electron chi connectivity index (χ1n) is 8.11. The molecule has 0 aliphatic heterocycles. The van der Waals surface area contributed by atoms with Crippen molar-refractivity contribution in [1.29, 1.82) is 0 Å². The van der Waals surface area contributed by atoms with Crippen LogP contribution in [0.25, 0.3) is 22.5 Å². The van der Waals surface area contributed by atoms with Crippen LogP contribution in [0, 0.1) is 0 Å². The summed E-state index contributed by atoms with van der Waals surface area (Å²) in [5.41, 5.74) is 5.85. The van der Waals surface area contributed by atoms with Crippen molar-refractivity contribution < 1.29 is 0 Å². The molecule has 0 saturated carbocycles. The second-order valence-corrected chi connectivity index (χ2v) is 5.69. The number of nitrogens with zero attached hydrogens (tertiary/aromatic N) is 4. The summed E-state index contributed by atoms with van der Waals surface area (Å²) in [6.45, 7) is 0. The number of rotatable bonds is 4. The Morgan fingerprint density at radius 1 is 0.560 bits per heavy atom. The molecule has 0 amide bonds. The normalized spacial score (nSPS) is 10.6. The number of hydrogen-bond acceptors (Lipinski definition) is 4. The van der Waals surface area contributed by atoms with Crippen molar-refractivity contribution in [1.82, 2.24) is 19.9 Å². The lowest BCUT2D eigenvalue weighted by Crippen LogP contribution is -1.97. The largest absolute Gasteiger partial charge is 0.264 e. The number of hydrogen-bond donors (Lipinski definition) is 0. The molecule has 120 valence electrons. The van der Waals surface area contributed by atoms with E-state index in [1.54, 1.807) is 12.4 Å². The summed E-state index contributed by atoms with van der Waals surface area (Å²) in [6.07, 6.45) is 7.87. The zero-order valence-corrected chi connectivity index (χ0v) is 13.6. The molecule has 0 N–H and O–H groups in total. The zero-order chi connectivity index (χ0) is 16.9. The molecule has 0 aliphatic carbocycles. The van der Waals surface area contributed by atoms with E-state index in [1.165, 1.54) is 0 Å². The molecule has 0 fully saturated rings. The third-order valence-corrected chi connectivity index (χ3v) is 3.89. The molecule has 0 unspecified atom stereocenters. The zero-order valence-electron chi connectivity index (χ0n) is 13.6. The summed E-state index contributed by atoms with van der Waals surface area (Å²) in [7, 11) is 0. The number of aromatic nitrogens is 4. The van der Waals surface area contributed by atoms with Gasteiger partial charge in [0.05, 0.1) is 11.4 Å². The maximum absolute atomic E-state index is 4.75. The predicted molar refractivity (Wildman–Crippen MR) is 97.7 cm³/mol. The van der Waals surface area contributed by atoms with Gasteiger partial charge in [-0.3, -0.25) is 19.9 Å². The second kappa shape index (κ2) is 7.01. The maximum Gasteiger partial charge on any atom is 0.0720 e. The predicted octanol–water partition coefficient (Wildman–Crippen LogP) is 4.19. The smallest absolute Gasteiger partial charge is 0.0720 e. The van der Waals surface area contributed by atoms with Crippen molar-refractivity contribution in [3.05, 3.63) is 96.8 Å². The molecule has 4 nitrogen and oxygen atoms in total. The highest BCUT2D eigenvalue weighted by atomic mass is 14.8. The Morgan fingerprint density at radius 2 is 1.08 bits per heavy atom. The summed E-state index contributed by atoms with van der Waals surface area (Å²) in [6, 6.07) is 20.0. The lowest BCUT2D eigenvalue weighted by molar-refractivity contribution is 1.02. The van der Waals surface area contributed by atoms with E-state index in [-0.39, 0.29) is 0 Å². The van der Waals surface area contributed by atoms with E-state index in [2.05, 4.69) is 9.97 Å². The van der Waals surface area contributed by atoms with Gasteiger partial charge in [0.2, 0.25) is 0 Å². The summed E-state index contributed by atoms with van der Waals surface area (Å²) >= 11 is 0. The quantitative estimate of drug-likeness (QED) is 0.565. The molecule has 4 heterocycles. The van der Waals surface area contributed by atoms with Crippen LogP contribution in [0.2, 0.25) is 0 Å². The van der Waals surface area contributed by atoms with Gasteiger partial charge in [-0.25, -0.2) is 0 Å². The Morgan fingerprint density at radius 3 is 1.52 bits per heavy atom. The van der Waals surface area contributed by atoms with Gasteiger partial charge >= 0.3 is 0 Å². The molecule has 0 bridgehead atoms. The lowest BCUT2D eigenvalue weighted by atomic mass is 10.1. The van der Waals surface area contributed by atoms with Crippen LogP contribution >= 0.6 is 0 Å². The van der Waals surface area contributed by atoms with E-state index < -0.39 is 0 Å². The van der Waals surface area contributed by atoms with Gasteiger partial charge in [-0.15, -0.1) is 0 Å². The first-order valence-corrected chi connectivity index (χ1v) is 8.11. The van der Waals surface area contributed by atoms with Gasteiger partial charge in [-0.1, -0.05) is 12.1 Å². The molecule has 4 aromatic heterocycles. The van der Waals surface area contributed by atoms with Crippen LogP contribution in [0.4, 0.5) is 0 Å². The summed E-state index contributed by atoms with van der Waals surface area (Å²) < 4.78 is 0. The monoisotopic (exact) mass is 324 g/mol. The minimum atomic E-state index is 0.683. The summed E-state index contributed by atoms with van der Waals surface area (Å²) in [5, 5.41) is 0.